The van der Waals surface area contributed by atoms with E-state index in [1.807, 2.05) is 19.1 Å². The Bertz CT molecular complexity index is 1060. The quantitative estimate of drug-likeness (QED) is 0.270. The van der Waals surface area contributed by atoms with Gasteiger partial charge in [0.25, 0.3) is 0 Å². The van der Waals surface area contributed by atoms with Gasteiger partial charge in [0.1, 0.15) is 11.4 Å². The van der Waals surface area contributed by atoms with Crippen molar-refractivity contribution in [2.75, 3.05) is 7.11 Å². The summed E-state index contributed by atoms with van der Waals surface area (Å²) in [5, 5.41) is 18.9. The van der Waals surface area contributed by atoms with E-state index in [1.165, 1.54) is 23.0 Å². The number of ether oxygens (including phenoxy) is 1. The predicted octanol–water partition coefficient (Wildman–Crippen LogP) is 2.79. The van der Waals surface area contributed by atoms with Crippen molar-refractivity contribution < 1.29 is 14.5 Å². The lowest BCUT2D eigenvalue weighted by molar-refractivity contribution is -0.389. The van der Waals surface area contributed by atoms with Gasteiger partial charge < -0.3 is 14.9 Å². The number of ketones is 1. The summed E-state index contributed by atoms with van der Waals surface area (Å²) in [7, 11) is 3.27. The first-order valence-corrected chi connectivity index (χ1v) is 8.45. The first kappa shape index (κ1) is 19.0. The molecule has 0 atom stereocenters. The second kappa shape index (κ2) is 7.87. The van der Waals surface area contributed by atoms with E-state index in [-0.39, 0.29) is 11.6 Å². The highest BCUT2D eigenvalue weighted by atomic mass is 16.6. The van der Waals surface area contributed by atoms with Crippen LogP contribution in [-0.4, -0.2) is 37.4 Å². The van der Waals surface area contributed by atoms with Gasteiger partial charge in [0.05, 0.1) is 36.7 Å². The highest BCUT2D eigenvalue weighted by Crippen LogP contribution is 2.22. The largest absolute Gasteiger partial charge is 0.496 e. The first-order valence-electron chi connectivity index (χ1n) is 8.45. The third kappa shape index (κ3) is 4.14. The number of nitro groups is 1. The van der Waals surface area contributed by atoms with E-state index in [0.29, 0.717) is 18.0 Å². The molecule has 9 nitrogen and oxygen atoms in total. The first-order chi connectivity index (χ1) is 13.4. The fourth-order valence-electron chi connectivity index (χ4n) is 2.84. The molecule has 0 saturated carbocycles. The zero-order chi connectivity index (χ0) is 20.3. The minimum absolute atomic E-state index is 0.150. The molecule has 0 fully saturated rings. The molecule has 0 aliphatic carbocycles. The average Bonchev–Trinajstić information content (AvgIpc) is 3.26. The number of nitrogens with zero attached hydrogens (tertiary/aromatic N) is 5. The van der Waals surface area contributed by atoms with Gasteiger partial charge in [-0.3, -0.25) is 9.48 Å². The van der Waals surface area contributed by atoms with Gasteiger partial charge in [0.2, 0.25) is 5.78 Å². The summed E-state index contributed by atoms with van der Waals surface area (Å²) in [5.74, 6) is 0.263. The Morgan fingerprint density at radius 1 is 1.29 bits per heavy atom. The van der Waals surface area contributed by atoms with Crippen LogP contribution in [0.3, 0.4) is 0 Å². The number of hydrogen-bond donors (Lipinski definition) is 0. The molecule has 9 heteroatoms. The van der Waals surface area contributed by atoms with Gasteiger partial charge in [-0.15, -0.1) is 0 Å². The summed E-state index contributed by atoms with van der Waals surface area (Å²) in [4.78, 5) is 22.6. The van der Waals surface area contributed by atoms with Gasteiger partial charge in [-0.2, -0.15) is 9.78 Å². The van der Waals surface area contributed by atoms with Gasteiger partial charge >= 0.3 is 5.82 Å². The molecule has 0 radical (unpaired) electrons. The lowest BCUT2D eigenvalue weighted by Gasteiger charge is -2.08. The summed E-state index contributed by atoms with van der Waals surface area (Å²) in [6.45, 7) is 2.13. The summed E-state index contributed by atoms with van der Waals surface area (Å²) in [6.07, 6.45) is 4.73. The lowest BCUT2D eigenvalue weighted by atomic mass is 10.1. The van der Waals surface area contributed by atoms with Gasteiger partial charge in [-0.05, 0) is 41.7 Å². The molecular weight excluding hydrogens is 362 g/mol. The van der Waals surface area contributed by atoms with E-state index < -0.39 is 4.92 Å². The summed E-state index contributed by atoms with van der Waals surface area (Å²) in [5.41, 5.74) is 2.86. The van der Waals surface area contributed by atoms with E-state index in [2.05, 4.69) is 10.2 Å². The Hall–Kier alpha value is -3.75. The molecule has 2 aromatic heterocycles. The molecule has 3 rings (SSSR count). The second-order valence-corrected chi connectivity index (χ2v) is 6.19. The van der Waals surface area contributed by atoms with Crippen molar-refractivity contribution in [2.24, 2.45) is 7.05 Å². The number of hydrogen-bond acceptors (Lipinski definition) is 6. The minimum Gasteiger partial charge on any atom is -0.496 e. The Labute approximate surface area is 161 Å². The zero-order valence-electron chi connectivity index (χ0n) is 15.7. The van der Waals surface area contributed by atoms with Crippen LogP contribution in [0.4, 0.5) is 5.82 Å². The number of methoxy groups -OCH3 is 1. The number of aryl methyl sites for hydroxylation is 2. The third-order valence-electron chi connectivity index (χ3n) is 4.13. The number of carbonyl (C=O) groups excluding carboxylic acids is 1. The standard InChI is InChI=1S/C19H19N5O4/c1-13-10-16(22(2)20-13)17(25)6-4-14-5-7-18(28-3)15(11-14)12-23-9-8-19(21-23)24(26)27/h4-11H,12H2,1-3H3/b6-4+. The van der Waals surface area contributed by atoms with Gasteiger partial charge in [-0.1, -0.05) is 12.1 Å². The van der Waals surface area contributed by atoms with Gasteiger partial charge in [0, 0.05) is 12.6 Å². The Balaban J connectivity index is 1.82. The third-order valence-corrected chi connectivity index (χ3v) is 4.13. The van der Waals surface area contributed by atoms with Crippen LogP contribution in [0.5, 0.6) is 5.75 Å². The number of carbonyl (C=O) groups is 1. The highest BCUT2D eigenvalue weighted by molar-refractivity contribution is 6.05. The summed E-state index contributed by atoms with van der Waals surface area (Å²) >= 11 is 0. The summed E-state index contributed by atoms with van der Waals surface area (Å²) in [6, 6.07) is 8.53. The molecule has 28 heavy (non-hydrogen) atoms. The Kier molecular flexibility index (Phi) is 5.35. The molecule has 0 amide bonds. The number of aromatic nitrogens is 4. The number of benzene rings is 1. The molecule has 0 unspecified atom stereocenters. The lowest BCUT2D eigenvalue weighted by Crippen LogP contribution is -2.04. The highest BCUT2D eigenvalue weighted by Gasteiger charge is 2.13. The maximum Gasteiger partial charge on any atom is 0.389 e. The maximum atomic E-state index is 12.4. The fraction of sp³-hybridized carbons (Fsp3) is 0.211. The van der Waals surface area contributed by atoms with Crippen molar-refractivity contribution in [2.45, 2.75) is 13.5 Å². The number of allylic oxidation sites excluding steroid dienone is 1. The molecule has 3 aromatic rings. The summed E-state index contributed by atoms with van der Waals surface area (Å²) < 4.78 is 8.38. The molecule has 0 aliphatic rings. The van der Waals surface area contributed by atoms with E-state index in [4.69, 9.17) is 4.74 Å². The normalized spacial score (nSPS) is 11.1. The smallest absolute Gasteiger partial charge is 0.389 e. The van der Waals surface area contributed by atoms with Crippen LogP contribution >= 0.6 is 0 Å². The van der Waals surface area contributed by atoms with Gasteiger partial charge in [0.15, 0.2) is 0 Å². The van der Waals surface area contributed by atoms with E-state index in [0.717, 1.165) is 16.8 Å². The van der Waals surface area contributed by atoms with Crippen molar-refractivity contribution in [3.05, 3.63) is 75.2 Å². The van der Waals surface area contributed by atoms with E-state index in [9.17, 15) is 14.9 Å². The molecule has 144 valence electrons. The van der Waals surface area contributed by atoms with Crippen LogP contribution < -0.4 is 4.74 Å². The maximum absolute atomic E-state index is 12.4. The topological polar surface area (TPSA) is 105 Å². The fourth-order valence-corrected chi connectivity index (χ4v) is 2.84. The van der Waals surface area contributed by atoms with Crippen molar-refractivity contribution in [3.8, 4) is 5.75 Å². The zero-order valence-corrected chi connectivity index (χ0v) is 15.7. The van der Waals surface area contributed by atoms with Crippen molar-refractivity contribution in [1.82, 2.24) is 19.6 Å². The van der Waals surface area contributed by atoms with Crippen LogP contribution in [0.1, 0.15) is 27.3 Å². The average molecular weight is 381 g/mol. The van der Waals surface area contributed by atoms with E-state index in [1.54, 1.807) is 37.0 Å². The molecule has 0 saturated heterocycles. The van der Waals surface area contributed by atoms with Crippen LogP contribution in [0.15, 0.2) is 42.6 Å². The van der Waals surface area contributed by atoms with Crippen molar-refractivity contribution in [1.29, 1.82) is 0 Å². The molecule has 0 spiro atoms. The van der Waals surface area contributed by atoms with Crippen LogP contribution in [0, 0.1) is 17.0 Å². The molecule has 0 bridgehead atoms. The van der Waals surface area contributed by atoms with Crippen LogP contribution in [0.25, 0.3) is 6.08 Å². The van der Waals surface area contributed by atoms with Crippen LogP contribution in [0.2, 0.25) is 0 Å². The monoisotopic (exact) mass is 381 g/mol. The second-order valence-electron chi connectivity index (χ2n) is 6.19. The Morgan fingerprint density at radius 3 is 2.68 bits per heavy atom. The SMILES string of the molecule is COc1ccc(/C=C/C(=O)c2cc(C)nn2C)cc1Cn1ccc([N+](=O)[O-])n1. The molecule has 2 heterocycles. The predicted molar refractivity (Wildman–Crippen MR) is 102 cm³/mol. The van der Waals surface area contributed by atoms with E-state index >= 15 is 0 Å². The minimum atomic E-state index is -0.543. The molecule has 1 aromatic carbocycles. The van der Waals surface area contributed by atoms with Gasteiger partial charge in [-0.25, -0.2) is 0 Å². The number of rotatable bonds is 7. The molecular formula is C19H19N5O4. The van der Waals surface area contributed by atoms with Crippen LogP contribution in [-0.2, 0) is 13.6 Å². The molecule has 0 aliphatic heterocycles. The molecule has 0 N–H and O–H groups in total. The van der Waals surface area contributed by atoms with Crippen molar-refractivity contribution in [3.63, 3.8) is 0 Å². The Morgan fingerprint density at radius 2 is 2.07 bits per heavy atom. The van der Waals surface area contributed by atoms with Crippen molar-refractivity contribution >= 4 is 17.7 Å².